The van der Waals surface area contributed by atoms with E-state index in [4.69, 9.17) is 16.9 Å². The molecule has 0 spiro atoms. The van der Waals surface area contributed by atoms with Gasteiger partial charge in [-0.15, -0.1) is 6.42 Å². The minimum absolute atomic E-state index is 0.225. The molecule has 29 heavy (non-hydrogen) atoms. The minimum atomic E-state index is 0.225. The van der Waals surface area contributed by atoms with Crippen LogP contribution in [0.2, 0.25) is 0 Å². The first-order valence-electron chi connectivity index (χ1n) is 9.11. The van der Waals surface area contributed by atoms with Crippen LogP contribution in [0.15, 0.2) is 73.2 Å². The predicted octanol–water partition coefficient (Wildman–Crippen LogP) is 3.93. The predicted molar refractivity (Wildman–Crippen MR) is 114 cm³/mol. The van der Waals surface area contributed by atoms with Crippen LogP contribution in [0.5, 0.6) is 5.75 Å². The molecule has 0 aliphatic carbocycles. The second-order valence-electron chi connectivity index (χ2n) is 6.58. The number of ether oxygens (including phenoxy) is 1. The summed E-state index contributed by atoms with van der Waals surface area (Å²) in [6.45, 7) is 0.225. The Kier molecular flexibility index (Phi) is 3.92. The van der Waals surface area contributed by atoms with Gasteiger partial charge in [-0.25, -0.2) is 4.98 Å². The Labute approximate surface area is 167 Å². The number of aromatic nitrogens is 4. The summed E-state index contributed by atoms with van der Waals surface area (Å²) in [6, 6.07) is 17.9. The van der Waals surface area contributed by atoms with Gasteiger partial charge in [0.25, 0.3) is 0 Å². The molecule has 5 aromatic rings. The van der Waals surface area contributed by atoms with Crippen LogP contribution < -0.4 is 10.5 Å². The molecule has 0 aliphatic heterocycles. The summed E-state index contributed by atoms with van der Waals surface area (Å²) in [5, 5.41) is 5.32. The molecule has 0 amide bonds. The van der Waals surface area contributed by atoms with Gasteiger partial charge in [0.2, 0.25) is 0 Å². The van der Waals surface area contributed by atoms with Crippen molar-refractivity contribution in [1.29, 1.82) is 0 Å². The molecule has 140 valence electrons. The summed E-state index contributed by atoms with van der Waals surface area (Å²) in [4.78, 5) is 4.43. The highest BCUT2D eigenvalue weighted by molar-refractivity contribution is 5.89. The Bertz CT molecular complexity index is 1390. The first-order valence-corrected chi connectivity index (χ1v) is 9.11. The van der Waals surface area contributed by atoms with Gasteiger partial charge in [-0.3, -0.25) is 0 Å². The molecule has 2 aromatic carbocycles. The number of rotatable bonds is 4. The zero-order chi connectivity index (χ0) is 19.8. The summed E-state index contributed by atoms with van der Waals surface area (Å²) < 4.78 is 9.44. The number of para-hydroxylation sites is 2. The van der Waals surface area contributed by atoms with E-state index >= 15 is 0 Å². The van der Waals surface area contributed by atoms with E-state index in [1.54, 1.807) is 16.9 Å². The van der Waals surface area contributed by atoms with Crippen LogP contribution in [0.1, 0.15) is 0 Å². The molecule has 0 saturated carbocycles. The first kappa shape index (κ1) is 16.9. The van der Waals surface area contributed by atoms with Gasteiger partial charge in [0.15, 0.2) is 5.65 Å². The zero-order valence-corrected chi connectivity index (χ0v) is 15.5. The highest BCUT2D eigenvalue weighted by atomic mass is 16.5. The van der Waals surface area contributed by atoms with Crippen LogP contribution in [0.4, 0.5) is 5.82 Å². The van der Waals surface area contributed by atoms with Crippen molar-refractivity contribution >= 4 is 22.4 Å². The van der Waals surface area contributed by atoms with E-state index in [9.17, 15) is 0 Å². The normalized spacial score (nSPS) is 11.0. The smallest absolute Gasteiger partial charge is 0.157 e. The van der Waals surface area contributed by atoms with Crippen molar-refractivity contribution in [3.05, 3.63) is 73.2 Å². The van der Waals surface area contributed by atoms with Crippen LogP contribution in [0.25, 0.3) is 33.4 Å². The Morgan fingerprint density at radius 2 is 2.00 bits per heavy atom. The van der Waals surface area contributed by atoms with E-state index < -0.39 is 0 Å². The van der Waals surface area contributed by atoms with Gasteiger partial charge in [0, 0.05) is 29.4 Å². The lowest BCUT2D eigenvalue weighted by Crippen LogP contribution is -2.02. The lowest BCUT2D eigenvalue weighted by atomic mass is 10.1. The van der Waals surface area contributed by atoms with Crippen molar-refractivity contribution in [3.8, 4) is 34.9 Å². The molecule has 3 aromatic heterocycles. The average molecular weight is 379 g/mol. The molecule has 0 radical (unpaired) electrons. The van der Waals surface area contributed by atoms with Crippen LogP contribution in [-0.2, 0) is 0 Å². The molecule has 2 N–H and O–H groups in total. The zero-order valence-electron chi connectivity index (χ0n) is 15.5. The third kappa shape index (κ3) is 2.77. The lowest BCUT2D eigenvalue weighted by Gasteiger charge is -2.12. The summed E-state index contributed by atoms with van der Waals surface area (Å²) in [5.74, 6) is 3.81. The number of nitrogens with two attached hydrogens (primary N) is 1. The number of terminal acetylenes is 1. The molecule has 0 bridgehead atoms. The van der Waals surface area contributed by atoms with Crippen molar-refractivity contribution in [3.63, 3.8) is 0 Å². The van der Waals surface area contributed by atoms with Crippen LogP contribution >= 0.6 is 0 Å². The highest BCUT2D eigenvalue weighted by Crippen LogP contribution is 2.32. The number of nitrogens with zero attached hydrogens (tertiary/aromatic N) is 4. The maximum absolute atomic E-state index is 6.32. The van der Waals surface area contributed by atoms with Crippen molar-refractivity contribution in [2.75, 3.05) is 12.3 Å². The maximum Gasteiger partial charge on any atom is 0.157 e. The van der Waals surface area contributed by atoms with Gasteiger partial charge in [0.05, 0.1) is 17.4 Å². The molecule has 0 unspecified atom stereocenters. The van der Waals surface area contributed by atoms with Crippen molar-refractivity contribution in [2.45, 2.75) is 0 Å². The third-order valence-electron chi connectivity index (χ3n) is 4.89. The SMILES string of the molecule is C#CCOc1ccccc1-n1ccc2cc(-c3cnc4ccnn4c3N)ccc21. The number of anilines is 1. The number of fused-ring (bicyclic) bond motifs is 2. The fourth-order valence-electron chi connectivity index (χ4n) is 3.53. The third-order valence-corrected chi connectivity index (χ3v) is 4.89. The molecule has 6 heteroatoms. The molecule has 0 saturated heterocycles. The van der Waals surface area contributed by atoms with Crippen molar-refractivity contribution in [2.24, 2.45) is 0 Å². The van der Waals surface area contributed by atoms with Crippen molar-refractivity contribution < 1.29 is 4.74 Å². The van der Waals surface area contributed by atoms with Crippen LogP contribution in [-0.4, -0.2) is 25.8 Å². The van der Waals surface area contributed by atoms with E-state index in [2.05, 4.69) is 38.8 Å². The first-order chi connectivity index (χ1) is 14.3. The standard InChI is InChI=1S/C23H17N5O/c1-2-13-29-21-6-4-3-5-20(21)27-12-10-17-14-16(7-8-19(17)27)18-15-25-22-9-11-26-28(22)23(18)24/h1,3-12,14-15H,13,24H2. The van der Waals surface area contributed by atoms with E-state index in [0.717, 1.165) is 39.1 Å². The van der Waals surface area contributed by atoms with Gasteiger partial charge in [-0.2, -0.15) is 9.61 Å². The molecule has 0 fully saturated rings. The van der Waals surface area contributed by atoms with Gasteiger partial charge in [-0.1, -0.05) is 24.1 Å². The molecule has 6 nitrogen and oxygen atoms in total. The largest absolute Gasteiger partial charge is 0.479 e. The fourth-order valence-corrected chi connectivity index (χ4v) is 3.53. The molecule has 0 aliphatic rings. The average Bonchev–Trinajstić information content (AvgIpc) is 3.40. The van der Waals surface area contributed by atoms with Gasteiger partial charge in [-0.05, 0) is 35.9 Å². The van der Waals surface area contributed by atoms with Crippen molar-refractivity contribution in [1.82, 2.24) is 19.2 Å². The quantitative estimate of drug-likeness (QED) is 0.480. The maximum atomic E-state index is 6.32. The van der Waals surface area contributed by atoms with Crippen LogP contribution in [0, 0.1) is 12.3 Å². The Hall–Kier alpha value is -4.24. The molecular weight excluding hydrogens is 362 g/mol. The molecular formula is C23H17N5O. The van der Waals surface area contributed by atoms with Gasteiger partial charge < -0.3 is 15.0 Å². The topological polar surface area (TPSA) is 70.4 Å². The fraction of sp³-hybridized carbons (Fsp3) is 0.0435. The monoisotopic (exact) mass is 379 g/mol. The summed E-state index contributed by atoms with van der Waals surface area (Å²) in [5.41, 5.74) is 10.9. The number of benzene rings is 2. The van der Waals surface area contributed by atoms with E-state index in [1.165, 1.54) is 0 Å². The number of hydrogen-bond donors (Lipinski definition) is 1. The summed E-state index contributed by atoms with van der Waals surface area (Å²) >= 11 is 0. The lowest BCUT2D eigenvalue weighted by molar-refractivity contribution is 0.369. The summed E-state index contributed by atoms with van der Waals surface area (Å²) in [7, 11) is 0. The second-order valence-corrected chi connectivity index (χ2v) is 6.58. The minimum Gasteiger partial charge on any atom is -0.479 e. The van der Waals surface area contributed by atoms with E-state index in [1.807, 2.05) is 42.6 Å². The number of hydrogen-bond acceptors (Lipinski definition) is 4. The highest BCUT2D eigenvalue weighted by Gasteiger charge is 2.12. The Morgan fingerprint density at radius 3 is 2.90 bits per heavy atom. The van der Waals surface area contributed by atoms with E-state index in [0.29, 0.717) is 5.82 Å². The molecule has 0 atom stereocenters. The molecule has 3 heterocycles. The Morgan fingerprint density at radius 1 is 1.10 bits per heavy atom. The van der Waals surface area contributed by atoms with Gasteiger partial charge in [0.1, 0.15) is 18.2 Å². The second kappa shape index (κ2) is 6.73. The van der Waals surface area contributed by atoms with Gasteiger partial charge >= 0.3 is 0 Å². The Balaban J connectivity index is 1.61. The van der Waals surface area contributed by atoms with Crippen LogP contribution in [0.3, 0.4) is 0 Å². The van der Waals surface area contributed by atoms with E-state index in [-0.39, 0.29) is 6.61 Å². The molecule has 5 rings (SSSR count). The summed E-state index contributed by atoms with van der Waals surface area (Å²) in [6.07, 6.45) is 10.8. The number of nitrogen functional groups attached to an aromatic ring is 1.